The second-order valence-corrected chi connectivity index (χ2v) is 12.1. The normalized spacial score (nSPS) is 21.1. The van der Waals surface area contributed by atoms with E-state index in [1.165, 1.54) is 12.8 Å². The molecule has 0 saturated heterocycles. The first-order valence-corrected chi connectivity index (χ1v) is 10.5. The van der Waals surface area contributed by atoms with Crippen molar-refractivity contribution in [3.05, 3.63) is 43.2 Å². The summed E-state index contributed by atoms with van der Waals surface area (Å²) in [6.45, 7) is 4.56. The van der Waals surface area contributed by atoms with Gasteiger partial charge in [0.1, 0.15) is 0 Å². The first-order chi connectivity index (χ1) is 7.03. The van der Waals surface area contributed by atoms with Crippen molar-refractivity contribution in [1.29, 1.82) is 0 Å². The van der Waals surface area contributed by atoms with Gasteiger partial charge in [-0.2, -0.15) is 0 Å². The number of rotatable bonds is 2. The van der Waals surface area contributed by atoms with Crippen LogP contribution in [0.15, 0.2) is 43.2 Å². The average molecular weight is 236 g/mol. The van der Waals surface area contributed by atoms with Crippen molar-refractivity contribution >= 4 is 0 Å². The van der Waals surface area contributed by atoms with Gasteiger partial charge in [0.25, 0.3) is 0 Å². The van der Waals surface area contributed by atoms with E-state index < -0.39 is 16.6 Å². The van der Waals surface area contributed by atoms with Crippen LogP contribution in [0.4, 0.5) is 0 Å². The molecule has 0 heterocycles. The average Bonchev–Trinajstić information content (AvgIpc) is 2.73. The second kappa shape index (κ2) is 3.92. The summed E-state index contributed by atoms with van der Waals surface area (Å²) in [5.41, 5.74) is 3.10. The van der Waals surface area contributed by atoms with Gasteiger partial charge in [-0.15, -0.1) is 0 Å². The third-order valence-corrected chi connectivity index (χ3v) is 10.4. The van der Waals surface area contributed by atoms with Crippen LogP contribution < -0.4 is 0 Å². The van der Waals surface area contributed by atoms with Crippen LogP contribution in [0.25, 0.3) is 0 Å². The third-order valence-electron chi connectivity index (χ3n) is 3.84. The van der Waals surface area contributed by atoms with Gasteiger partial charge in [0, 0.05) is 0 Å². The van der Waals surface area contributed by atoms with E-state index in [4.69, 9.17) is 0 Å². The first-order valence-electron chi connectivity index (χ1n) is 5.77. The van der Waals surface area contributed by atoms with Crippen LogP contribution in [0, 0.1) is 0 Å². The fraction of sp³-hybridized carbons (Fsp3) is 0.429. The van der Waals surface area contributed by atoms with Crippen molar-refractivity contribution < 1.29 is 16.6 Å². The topological polar surface area (TPSA) is 0 Å². The van der Waals surface area contributed by atoms with Crippen molar-refractivity contribution in [3.8, 4) is 0 Å². The molecule has 2 aliphatic carbocycles. The maximum atomic E-state index is 2.55. The molecule has 0 spiro atoms. The maximum absolute atomic E-state index is 2.55. The van der Waals surface area contributed by atoms with E-state index in [0.29, 0.717) is 0 Å². The Bertz CT molecular complexity index is 365. The van der Waals surface area contributed by atoms with Crippen molar-refractivity contribution in [2.24, 2.45) is 0 Å². The zero-order valence-corrected chi connectivity index (χ0v) is 11.8. The van der Waals surface area contributed by atoms with E-state index in [9.17, 15) is 0 Å². The van der Waals surface area contributed by atoms with Crippen molar-refractivity contribution in [3.63, 3.8) is 0 Å². The Morgan fingerprint density at radius 2 is 1.27 bits per heavy atom. The Hall–Kier alpha value is -0.326. The summed E-state index contributed by atoms with van der Waals surface area (Å²) in [4.78, 5) is 0. The molecule has 0 aliphatic heterocycles. The van der Waals surface area contributed by atoms with E-state index in [2.05, 4.69) is 48.6 Å². The molecule has 0 aromatic heterocycles. The van der Waals surface area contributed by atoms with Gasteiger partial charge in [-0.3, -0.25) is 0 Å². The van der Waals surface area contributed by atoms with Gasteiger partial charge in [-0.05, 0) is 0 Å². The molecule has 15 heavy (non-hydrogen) atoms. The predicted molar refractivity (Wildman–Crippen MR) is 64.6 cm³/mol. The molecular weight excluding hydrogens is 216 g/mol. The Morgan fingerprint density at radius 1 is 0.867 bits per heavy atom. The summed E-state index contributed by atoms with van der Waals surface area (Å²) in [5.74, 6) is 0. The summed E-state index contributed by atoms with van der Waals surface area (Å²) in [6, 6.07) is 0. The minimum absolute atomic E-state index is 1.22. The molecule has 0 N–H and O–H groups in total. The van der Waals surface area contributed by atoms with Crippen LogP contribution in [-0.4, -0.2) is 0 Å². The monoisotopic (exact) mass is 236 g/mol. The van der Waals surface area contributed by atoms with Gasteiger partial charge in [0.2, 0.25) is 0 Å². The van der Waals surface area contributed by atoms with Crippen LogP contribution in [0.5, 0.6) is 0 Å². The van der Waals surface area contributed by atoms with E-state index in [-0.39, 0.29) is 0 Å². The molecular formula is C14H20Ti. The summed E-state index contributed by atoms with van der Waals surface area (Å²) < 4.78 is 3.57. The van der Waals surface area contributed by atoms with E-state index in [1.54, 1.807) is 18.9 Å². The fourth-order valence-corrected chi connectivity index (χ4v) is 8.78. The predicted octanol–water partition coefficient (Wildman–Crippen LogP) is 4.70. The number of hydrogen-bond donors (Lipinski definition) is 0. The van der Waals surface area contributed by atoms with Gasteiger partial charge in [-0.1, -0.05) is 0 Å². The molecule has 0 unspecified atom stereocenters. The summed E-state index contributed by atoms with van der Waals surface area (Å²) in [5, 5.41) is 5.11. The molecule has 0 fully saturated rings. The Morgan fingerprint density at radius 3 is 1.53 bits per heavy atom. The fourth-order valence-electron chi connectivity index (χ4n) is 2.91. The van der Waals surface area contributed by atoms with Crippen molar-refractivity contribution in [2.75, 3.05) is 0 Å². The molecule has 0 bridgehead atoms. The molecule has 1 heteroatoms. The quantitative estimate of drug-likeness (QED) is 0.609. The van der Waals surface area contributed by atoms with Gasteiger partial charge in [-0.25, -0.2) is 0 Å². The molecule has 0 radical (unpaired) electrons. The summed E-state index contributed by atoms with van der Waals surface area (Å²) in [6.07, 6.45) is 11.7. The van der Waals surface area contributed by atoms with Gasteiger partial charge >= 0.3 is 96.9 Å². The minimum atomic E-state index is -1.88. The van der Waals surface area contributed by atoms with Crippen molar-refractivity contribution in [1.82, 2.24) is 0 Å². The molecule has 2 aliphatic rings. The SMILES string of the molecule is CC1=[C]([Ti]([CH3])([CH3])[C]2=C(C)C=CC2)CC=C1. The Balaban J connectivity index is 2.37. The van der Waals surface area contributed by atoms with Crippen LogP contribution in [0.2, 0.25) is 10.5 Å². The summed E-state index contributed by atoms with van der Waals surface area (Å²) in [7, 11) is 0. The second-order valence-electron chi connectivity index (χ2n) is 5.16. The van der Waals surface area contributed by atoms with Crippen LogP contribution in [0.3, 0.4) is 0 Å². The number of allylic oxidation sites excluding steroid dienone is 8. The van der Waals surface area contributed by atoms with E-state index in [0.717, 1.165) is 0 Å². The molecule has 0 nitrogen and oxygen atoms in total. The van der Waals surface area contributed by atoms with E-state index in [1.807, 2.05) is 0 Å². The molecule has 0 aromatic carbocycles. The molecule has 0 amide bonds. The van der Waals surface area contributed by atoms with Crippen LogP contribution in [0.1, 0.15) is 26.7 Å². The summed E-state index contributed by atoms with van der Waals surface area (Å²) >= 11 is -1.88. The Labute approximate surface area is 96.8 Å². The molecule has 0 saturated carbocycles. The molecule has 0 aromatic rings. The molecule has 0 atom stereocenters. The van der Waals surface area contributed by atoms with Gasteiger partial charge in [0.15, 0.2) is 0 Å². The molecule has 80 valence electrons. The van der Waals surface area contributed by atoms with Crippen LogP contribution >= 0.6 is 0 Å². The van der Waals surface area contributed by atoms with Gasteiger partial charge in [0.05, 0.1) is 0 Å². The van der Waals surface area contributed by atoms with E-state index >= 15 is 0 Å². The Kier molecular flexibility index (Phi) is 2.92. The van der Waals surface area contributed by atoms with Crippen molar-refractivity contribution in [2.45, 2.75) is 37.1 Å². The van der Waals surface area contributed by atoms with Crippen LogP contribution in [-0.2, 0) is 16.6 Å². The first kappa shape index (κ1) is 11.2. The van der Waals surface area contributed by atoms with Gasteiger partial charge < -0.3 is 0 Å². The standard InChI is InChI=1S/2C6H7.2CH3.Ti/c2*1-6-4-2-3-5-6;;;/h2*2,4H,3H2,1H3;2*1H3;. The number of hydrogen-bond acceptors (Lipinski definition) is 0. The zero-order chi connectivity index (χ0) is 11.1. The molecule has 2 rings (SSSR count). The third kappa shape index (κ3) is 1.86. The zero-order valence-electron chi connectivity index (χ0n) is 10.2.